The standard InChI is InChI=1S/C16H13NO2S/c1-11-6-8-15(20-11)14(18)10-17-13-5-3-2-4-12(13)7-9-16(17)19/h2-9H,10H2,1H3. The van der Waals surface area contributed by atoms with E-state index in [4.69, 9.17) is 0 Å². The van der Waals surface area contributed by atoms with Crippen LogP contribution in [0.1, 0.15) is 14.5 Å². The summed E-state index contributed by atoms with van der Waals surface area (Å²) >= 11 is 1.46. The highest BCUT2D eigenvalue weighted by molar-refractivity contribution is 7.14. The summed E-state index contributed by atoms with van der Waals surface area (Å²) in [5.74, 6) is -0.0263. The van der Waals surface area contributed by atoms with Gasteiger partial charge in [-0.2, -0.15) is 0 Å². The van der Waals surface area contributed by atoms with Crippen LogP contribution in [0.2, 0.25) is 0 Å². The van der Waals surface area contributed by atoms with Gasteiger partial charge in [0.1, 0.15) is 0 Å². The van der Waals surface area contributed by atoms with E-state index in [9.17, 15) is 9.59 Å². The van der Waals surface area contributed by atoms with Crippen molar-refractivity contribution in [2.24, 2.45) is 0 Å². The zero-order chi connectivity index (χ0) is 14.1. The molecule has 0 amide bonds. The SMILES string of the molecule is Cc1ccc(C(=O)Cn2c(=O)ccc3ccccc32)s1. The molecule has 3 rings (SSSR count). The summed E-state index contributed by atoms with van der Waals surface area (Å²) in [6.07, 6.45) is 0. The minimum absolute atomic E-state index is 0.0263. The van der Waals surface area contributed by atoms with E-state index in [0.717, 1.165) is 15.8 Å². The van der Waals surface area contributed by atoms with Crippen molar-refractivity contribution in [3.05, 3.63) is 68.6 Å². The number of Topliss-reactive ketones (excluding diaryl/α,β-unsaturated/α-hetero) is 1. The molecule has 0 radical (unpaired) electrons. The summed E-state index contributed by atoms with van der Waals surface area (Å²) in [5.41, 5.74) is 0.645. The largest absolute Gasteiger partial charge is 0.300 e. The van der Waals surface area contributed by atoms with E-state index in [0.29, 0.717) is 4.88 Å². The monoisotopic (exact) mass is 283 g/mol. The second kappa shape index (κ2) is 5.06. The average molecular weight is 283 g/mol. The van der Waals surface area contributed by atoms with Crippen molar-refractivity contribution in [1.29, 1.82) is 0 Å². The Morgan fingerprint density at radius 2 is 1.90 bits per heavy atom. The van der Waals surface area contributed by atoms with Crippen LogP contribution < -0.4 is 5.56 Å². The van der Waals surface area contributed by atoms with Crippen LogP contribution in [0.5, 0.6) is 0 Å². The van der Waals surface area contributed by atoms with E-state index in [2.05, 4.69) is 0 Å². The van der Waals surface area contributed by atoms with E-state index in [1.807, 2.05) is 43.3 Å². The molecular weight excluding hydrogens is 270 g/mol. The molecule has 0 bridgehead atoms. The molecule has 0 spiro atoms. The molecule has 2 aromatic heterocycles. The topological polar surface area (TPSA) is 39.1 Å². The Balaban J connectivity index is 2.04. The Bertz CT molecular complexity index is 845. The first-order valence-corrected chi connectivity index (χ1v) is 7.15. The molecule has 4 heteroatoms. The number of nitrogens with zero attached hydrogens (tertiary/aromatic N) is 1. The molecule has 0 N–H and O–H groups in total. The van der Waals surface area contributed by atoms with E-state index in [-0.39, 0.29) is 17.9 Å². The summed E-state index contributed by atoms with van der Waals surface area (Å²) in [4.78, 5) is 26.1. The van der Waals surface area contributed by atoms with E-state index >= 15 is 0 Å². The van der Waals surface area contributed by atoms with Gasteiger partial charge in [-0.25, -0.2) is 0 Å². The van der Waals surface area contributed by atoms with Gasteiger partial charge in [0.25, 0.3) is 5.56 Å². The third-order valence-corrected chi connectivity index (χ3v) is 4.26. The number of ketones is 1. The van der Waals surface area contributed by atoms with Crippen molar-refractivity contribution in [2.45, 2.75) is 13.5 Å². The maximum absolute atomic E-state index is 12.3. The number of carbonyl (C=O) groups is 1. The van der Waals surface area contributed by atoms with Crippen LogP contribution in [0, 0.1) is 6.92 Å². The fourth-order valence-electron chi connectivity index (χ4n) is 2.21. The molecule has 100 valence electrons. The predicted octanol–water partition coefficient (Wildman–Crippen LogP) is 3.25. The average Bonchev–Trinajstić information content (AvgIpc) is 2.89. The molecule has 0 saturated carbocycles. The maximum atomic E-state index is 12.3. The molecule has 0 aliphatic rings. The summed E-state index contributed by atoms with van der Waals surface area (Å²) < 4.78 is 1.53. The van der Waals surface area contributed by atoms with Gasteiger partial charge in [0.2, 0.25) is 0 Å². The lowest BCUT2D eigenvalue weighted by Gasteiger charge is -2.08. The molecule has 0 atom stereocenters. The number of para-hydroxylation sites is 1. The van der Waals surface area contributed by atoms with Gasteiger partial charge in [0.15, 0.2) is 5.78 Å². The van der Waals surface area contributed by atoms with Crippen molar-refractivity contribution in [2.75, 3.05) is 0 Å². The first kappa shape index (κ1) is 12.8. The molecule has 0 fully saturated rings. The molecule has 0 saturated heterocycles. The van der Waals surface area contributed by atoms with E-state index in [1.165, 1.54) is 22.0 Å². The molecule has 3 aromatic rings. The molecule has 0 aliphatic carbocycles. The zero-order valence-electron chi connectivity index (χ0n) is 11.0. The van der Waals surface area contributed by atoms with Crippen molar-refractivity contribution < 1.29 is 4.79 Å². The third-order valence-electron chi connectivity index (χ3n) is 3.22. The van der Waals surface area contributed by atoms with Crippen LogP contribution in [0.25, 0.3) is 10.9 Å². The third kappa shape index (κ3) is 2.30. The van der Waals surface area contributed by atoms with Crippen molar-refractivity contribution in [3.63, 3.8) is 0 Å². The molecule has 2 heterocycles. The summed E-state index contributed by atoms with van der Waals surface area (Å²) in [7, 11) is 0. The fourth-order valence-corrected chi connectivity index (χ4v) is 3.01. The second-order valence-electron chi connectivity index (χ2n) is 4.65. The number of fused-ring (bicyclic) bond motifs is 1. The van der Waals surface area contributed by atoms with Crippen LogP contribution >= 0.6 is 11.3 Å². The molecule has 20 heavy (non-hydrogen) atoms. The van der Waals surface area contributed by atoms with Crippen LogP contribution in [0.4, 0.5) is 0 Å². The lowest BCUT2D eigenvalue weighted by Crippen LogP contribution is -2.23. The van der Waals surface area contributed by atoms with Gasteiger partial charge in [0, 0.05) is 10.9 Å². The number of thiophene rings is 1. The lowest BCUT2D eigenvalue weighted by atomic mass is 10.2. The Morgan fingerprint density at radius 1 is 1.10 bits per heavy atom. The molecule has 3 nitrogen and oxygen atoms in total. The Kier molecular flexibility index (Phi) is 3.24. The van der Waals surface area contributed by atoms with Gasteiger partial charge in [-0.05, 0) is 36.6 Å². The number of hydrogen-bond donors (Lipinski definition) is 0. The highest BCUT2D eigenvalue weighted by atomic mass is 32.1. The van der Waals surface area contributed by atoms with Gasteiger partial charge in [-0.3, -0.25) is 9.59 Å². The quantitative estimate of drug-likeness (QED) is 0.692. The van der Waals surface area contributed by atoms with Gasteiger partial charge in [-0.15, -0.1) is 11.3 Å². The summed E-state index contributed by atoms with van der Waals surface area (Å²) in [5, 5.41) is 0.960. The predicted molar refractivity (Wildman–Crippen MR) is 81.6 cm³/mol. The first-order valence-electron chi connectivity index (χ1n) is 6.33. The summed E-state index contributed by atoms with van der Waals surface area (Å²) in [6, 6.07) is 14.6. The number of aromatic nitrogens is 1. The van der Waals surface area contributed by atoms with E-state index in [1.54, 1.807) is 6.07 Å². The van der Waals surface area contributed by atoms with Crippen LogP contribution in [0.3, 0.4) is 0 Å². The lowest BCUT2D eigenvalue weighted by molar-refractivity contribution is 0.0976. The summed E-state index contributed by atoms with van der Waals surface area (Å²) in [6.45, 7) is 2.05. The van der Waals surface area contributed by atoms with Crippen LogP contribution in [-0.4, -0.2) is 10.4 Å². The van der Waals surface area contributed by atoms with Crippen LogP contribution in [0.15, 0.2) is 53.3 Å². The molecule has 0 aliphatic heterocycles. The Morgan fingerprint density at radius 3 is 2.65 bits per heavy atom. The normalized spacial score (nSPS) is 10.8. The minimum Gasteiger partial charge on any atom is -0.300 e. The molecule has 0 unspecified atom stereocenters. The zero-order valence-corrected chi connectivity index (χ0v) is 11.8. The van der Waals surface area contributed by atoms with E-state index < -0.39 is 0 Å². The second-order valence-corrected chi connectivity index (χ2v) is 5.94. The number of hydrogen-bond acceptors (Lipinski definition) is 3. The van der Waals surface area contributed by atoms with Gasteiger partial charge in [0.05, 0.1) is 16.9 Å². The number of benzene rings is 1. The number of carbonyl (C=O) groups excluding carboxylic acids is 1. The van der Waals surface area contributed by atoms with Gasteiger partial charge < -0.3 is 4.57 Å². The molecule has 1 aromatic carbocycles. The Labute approximate surface area is 120 Å². The maximum Gasteiger partial charge on any atom is 0.251 e. The Hall–Kier alpha value is -2.20. The smallest absolute Gasteiger partial charge is 0.251 e. The fraction of sp³-hybridized carbons (Fsp3) is 0.125. The van der Waals surface area contributed by atoms with Crippen molar-refractivity contribution in [3.8, 4) is 0 Å². The van der Waals surface area contributed by atoms with Crippen molar-refractivity contribution in [1.82, 2.24) is 4.57 Å². The van der Waals surface area contributed by atoms with Gasteiger partial charge in [-0.1, -0.05) is 18.2 Å². The van der Waals surface area contributed by atoms with Crippen LogP contribution in [-0.2, 0) is 6.54 Å². The minimum atomic E-state index is -0.148. The highest BCUT2D eigenvalue weighted by Crippen LogP contribution is 2.17. The molecular formula is C16H13NO2S. The number of pyridine rings is 1. The van der Waals surface area contributed by atoms with Gasteiger partial charge >= 0.3 is 0 Å². The number of aryl methyl sites for hydroxylation is 1. The number of rotatable bonds is 3. The van der Waals surface area contributed by atoms with Crippen molar-refractivity contribution >= 4 is 28.0 Å². The first-order chi connectivity index (χ1) is 9.65. The highest BCUT2D eigenvalue weighted by Gasteiger charge is 2.11.